The Bertz CT molecular complexity index is 639. The van der Waals surface area contributed by atoms with Crippen LogP contribution < -0.4 is 5.73 Å². The highest BCUT2D eigenvalue weighted by Gasteiger charge is 2.20. The van der Waals surface area contributed by atoms with Crippen molar-refractivity contribution < 1.29 is 9.90 Å². The third-order valence-corrected chi connectivity index (χ3v) is 5.07. The molecule has 2 aromatic rings. The van der Waals surface area contributed by atoms with E-state index < -0.39 is 5.97 Å². The molecule has 0 radical (unpaired) electrons. The molecule has 0 aliphatic heterocycles. The van der Waals surface area contributed by atoms with Gasteiger partial charge in [-0.3, -0.25) is 0 Å². The summed E-state index contributed by atoms with van der Waals surface area (Å²) in [6, 6.07) is 5.53. The second kappa shape index (κ2) is 5.07. The number of thiophene rings is 1. The van der Waals surface area contributed by atoms with Crippen LogP contribution in [0.3, 0.4) is 0 Å². The second-order valence-corrected chi connectivity index (χ2v) is 6.35. The number of benzene rings is 1. The largest absolute Gasteiger partial charge is 0.477 e. The van der Waals surface area contributed by atoms with E-state index in [4.69, 9.17) is 22.4 Å². The second-order valence-electron chi connectivity index (χ2n) is 3.73. The van der Waals surface area contributed by atoms with E-state index in [1.807, 2.05) is 19.1 Å². The van der Waals surface area contributed by atoms with E-state index in [1.165, 1.54) is 11.3 Å². The van der Waals surface area contributed by atoms with Crippen molar-refractivity contribution in [3.05, 3.63) is 37.2 Å². The number of nitrogen functional groups attached to an aromatic ring is 1. The van der Waals surface area contributed by atoms with Gasteiger partial charge in [0.25, 0.3) is 0 Å². The molecular weight excluding hydrogens is 385 g/mol. The number of hydrogen-bond acceptors (Lipinski definition) is 3. The molecule has 0 bridgehead atoms. The minimum atomic E-state index is -0.996. The maximum absolute atomic E-state index is 11.1. The average Bonchev–Trinajstić information content (AvgIpc) is 2.60. The molecule has 0 unspecified atom stereocenters. The van der Waals surface area contributed by atoms with Gasteiger partial charge >= 0.3 is 5.97 Å². The van der Waals surface area contributed by atoms with Gasteiger partial charge in [0.15, 0.2) is 0 Å². The fourth-order valence-corrected chi connectivity index (χ4v) is 3.67. The highest BCUT2D eigenvalue weighted by molar-refractivity contribution is 14.1. The van der Waals surface area contributed by atoms with Crippen LogP contribution in [0.4, 0.5) is 5.69 Å². The molecule has 3 N–H and O–H groups in total. The van der Waals surface area contributed by atoms with Crippen molar-refractivity contribution in [1.82, 2.24) is 0 Å². The van der Waals surface area contributed by atoms with Crippen LogP contribution in [0.2, 0.25) is 5.02 Å². The van der Waals surface area contributed by atoms with Crippen molar-refractivity contribution in [2.24, 2.45) is 0 Å². The lowest BCUT2D eigenvalue weighted by Gasteiger charge is -2.04. The molecule has 0 aliphatic rings. The quantitative estimate of drug-likeness (QED) is 0.749. The number of carboxylic acid groups (broad SMARTS) is 1. The number of nitrogens with two attached hydrogens (primary N) is 1. The monoisotopic (exact) mass is 393 g/mol. The molecule has 0 atom stereocenters. The van der Waals surface area contributed by atoms with Gasteiger partial charge in [0.05, 0.1) is 5.69 Å². The summed E-state index contributed by atoms with van der Waals surface area (Å²) in [7, 11) is 0. The van der Waals surface area contributed by atoms with E-state index in [1.54, 1.807) is 6.07 Å². The maximum Gasteiger partial charge on any atom is 0.348 e. The average molecular weight is 394 g/mol. The summed E-state index contributed by atoms with van der Waals surface area (Å²) in [5, 5.41) is 9.70. The summed E-state index contributed by atoms with van der Waals surface area (Å²) in [4.78, 5) is 12.1. The summed E-state index contributed by atoms with van der Waals surface area (Å²) in [6.45, 7) is 1.82. The number of hydrogen-bond donors (Lipinski definition) is 2. The van der Waals surface area contributed by atoms with E-state index in [-0.39, 0.29) is 4.88 Å². The van der Waals surface area contributed by atoms with Crippen molar-refractivity contribution in [2.75, 3.05) is 5.73 Å². The Morgan fingerprint density at radius 1 is 1.50 bits per heavy atom. The first kappa shape index (κ1) is 13.6. The molecule has 0 aliphatic carbocycles. The number of rotatable bonds is 2. The van der Waals surface area contributed by atoms with Crippen LogP contribution in [-0.2, 0) is 0 Å². The minimum Gasteiger partial charge on any atom is -0.477 e. The van der Waals surface area contributed by atoms with Gasteiger partial charge in [0.1, 0.15) is 4.88 Å². The molecule has 1 aromatic carbocycles. The summed E-state index contributed by atoms with van der Waals surface area (Å²) < 4.78 is 1.01. The zero-order valence-corrected chi connectivity index (χ0v) is 13.1. The normalized spacial score (nSPS) is 10.6. The fraction of sp³-hybridized carbons (Fsp3) is 0.0833. The molecule has 1 heterocycles. The number of aromatic carboxylic acids is 1. The van der Waals surface area contributed by atoms with E-state index in [9.17, 15) is 4.79 Å². The first-order valence-electron chi connectivity index (χ1n) is 4.99. The van der Waals surface area contributed by atoms with E-state index >= 15 is 0 Å². The maximum atomic E-state index is 11.1. The topological polar surface area (TPSA) is 63.3 Å². The van der Waals surface area contributed by atoms with Crippen molar-refractivity contribution in [2.45, 2.75) is 6.92 Å². The van der Waals surface area contributed by atoms with Crippen molar-refractivity contribution in [3.63, 3.8) is 0 Å². The Morgan fingerprint density at radius 2 is 2.17 bits per heavy atom. The third-order valence-electron chi connectivity index (χ3n) is 2.56. The SMILES string of the molecule is Cc1c(-c2cc(Cl)ccc2I)sc(C(=O)O)c1N. The van der Waals surface area contributed by atoms with Crippen LogP contribution in [0.5, 0.6) is 0 Å². The van der Waals surface area contributed by atoms with Gasteiger partial charge in [0, 0.05) is 19.0 Å². The number of carbonyl (C=O) groups is 1. The standard InChI is InChI=1S/C12H9ClINO2S/c1-5-9(15)11(12(16)17)18-10(5)7-4-6(13)2-3-8(7)14/h2-4H,15H2,1H3,(H,16,17). The smallest absolute Gasteiger partial charge is 0.348 e. The fourth-order valence-electron chi connectivity index (χ4n) is 1.61. The molecule has 94 valence electrons. The minimum absolute atomic E-state index is 0.179. The zero-order valence-electron chi connectivity index (χ0n) is 9.33. The van der Waals surface area contributed by atoms with Gasteiger partial charge in [-0.15, -0.1) is 11.3 Å². The van der Waals surface area contributed by atoms with Crippen LogP contribution in [0.1, 0.15) is 15.2 Å². The molecule has 1 aromatic heterocycles. The number of halogens is 2. The van der Waals surface area contributed by atoms with Crippen LogP contribution in [0.25, 0.3) is 10.4 Å². The molecule has 18 heavy (non-hydrogen) atoms. The molecule has 0 saturated carbocycles. The van der Waals surface area contributed by atoms with E-state index in [2.05, 4.69) is 22.6 Å². The Labute approximate surface area is 127 Å². The van der Waals surface area contributed by atoms with E-state index in [0.29, 0.717) is 10.7 Å². The van der Waals surface area contributed by atoms with Gasteiger partial charge in [-0.25, -0.2) is 4.79 Å². The molecule has 0 fully saturated rings. The van der Waals surface area contributed by atoms with Crippen LogP contribution in [0.15, 0.2) is 18.2 Å². The molecule has 2 rings (SSSR count). The number of anilines is 1. The Balaban J connectivity index is 2.68. The molecular formula is C12H9ClINO2S. The highest BCUT2D eigenvalue weighted by Crippen LogP contribution is 2.40. The molecule has 3 nitrogen and oxygen atoms in total. The Hall–Kier alpha value is -0.790. The first-order valence-corrected chi connectivity index (χ1v) is 7.26. The van der Waals surface area contributed by atoms with Crippen LogP contribution in [-0.4, -0.2) is 11.1 Å². The van der Waals surface area contributed by atoms with Gasteiger partial charge in [0.2, 0.25) is 0 Å². The van der Waals surface area contributed by atoms with Crippen molar-refractivity contribution in [3.8, 4) is 10.4 Å². The summed E-state index contributed by atoms with van der Waals surface area (Å²) >= 11 is 9.36. The highest BCUT2D eigenvalue weighted by atomic mass is 127. The van der Waals surface area contributed by atoms with Crippen molar-refractivity contribution >= 4 is 57.2 Å². The molecule has 0 spiro atoms. The summed E-state index contributed by atoms with van der Waals surface area (Å²) in [5.41, 5.74) is 7.87. The Morgan fingerprint density at radius 3 is 2.72 bits per heavy atom. The zero-order chi connectivity index (χ0) is 13.4. The van der Waals surface area contributed by atoms with Gasteiger partial charge in [-0.05, 0) is 53.3 Å². The first-order chi connectivity index (χ1) is 8.41. The molecule has 0 saturated heterocycles. The van der Waals surface area contributed by atoms with Gasteiger partial charge < -0.3 is 10.8 Å². The van der Waals surface area contributed by atoms with Crippen LogP contribution in [0, 0.1) is 10.5 Å². The number of carboxylic acids is 1. The lowest BCUT2D eigenvalue weighted by atomic mass is 10.1. The van der Waals surface area contributed by atoms with Gasteiger partial charge in [-0.1, -0.05) is 11.6 Å². The lowest BCUT2D eigenvalue weighted by molar-refractivity contribution is 0.0703. The van der Waals surface area contributed by atoms with E-state index in [0.717, 1.165) is 19.6 Å². The lowest BCUT2D eigenvalue weighted by Crippen LogP contribution is -1.97. The summed E-state index contributed by atoms with van der Waals surface area (Å²) in [5.74, 6) is -0.996. The van der Waals surface area contributed by atoms with Crippen molar-refractivity contribution in [1.29, 1.82) is 0 Å². The van der Waals surface area contributed by atoms with Gasteiger partial charge in [-0.2, -0.15) is 0 Å². The Kier molecular flexibility index (Phi) is 3.84. The molecule has 6 heteroatoms. The predicted octanol–water partition coefficient (Wildman–Crippen LogP) is 4.26. The molecule has 0 amide bonds. The van der Waals surface area contributed by atoms with Crippen LogP contribution >= 0.6 is 45.5 Å². The predicted molar refractivity (Wildman–Crippen MR) is 83.6 cm³/mol. The third kappa shape index (κ3) is 2.34. The summed E-state index contributed by atoms with van der Waals surface area (Å²) in [6.07, 6.45) is 0.